The Morgan fingerprint density at radius 1 is 1.13 bits per heavy atom. The largest absolute Gasteiger partial charge is 0.439 e. The van der Waals surface area contributed by atoms with Crippen LogP contribution in [0.1, 0.15) is 5.69 Å². The van der Waals surface area contributed by atoms with Crippen molar-refractivity contribution in [3.8, 4) is 22.9 Å². The van der Waals surface area contributed by atoms with Crippen LogP contribution >= 0.6 is 0 Å². The molecule has 3 heterocycles. The lowest BCUT2D eigenvalue weighted by molar-refractivity contribution is 0.0801. The lowest BCUT2D eigenvalue weighted by Gasteiger charge is -2.10. The number of H-pyrrole nitrogens is 1. The number of aromatic amines is 1. The van der Waals surface area contributed by atoms with Crippen molar-refractivity contribution in [3.05, 3.63) is 60.6 Å². The fourth-order valence-electron chi connectivity index (χ4n) is 3.18. The maximum absolute atomic E-state index is 9.26. The number of aliphatic hydroxyl groups is 1. The second kappa shape index (κ2) is 9.25. The molecule has 7 nitrogen and oxygen atoms in total. The standard InChI is InChI=1S/C22H26N4O3Si/c1-30(2)10-9-28-15-26-21(7-8-24-26)17-4-6-22(23-13-17)29-19-5-3-16-11-18(14-27)25-20(16)12-19/h3-8,11-13,25,27,30H,9-10,14-15H2,1-2H3. The van der Waals surface area contributed by atoms with Gasteiger partial charge in [0, 0.05) is 62.1 Å². The molecule has 4 aromatic rings. The van der Waals surface area contributed by atoms with Crippen LogP contribution in [0.3, 0.4) is 0 Å². The molecule has 30 heavy (non-hydrogen) atoms. The van der Waals surface area contributed by atoms with E-state index in [1.807, 2.05) is 47.1 Å². The van der Waals surface area contributed by atoms with E-state index in [-0.39, 0.29) is 6.61 Å². The van der Waals surface area contributed by atoms with E-state index in [0.29, 0.717) is 18.4 Å². The molecule has 0 aliphatic carbocycles. The normalized spacial score (nSPS) is 11.5. The molecule has 0 fully saturated rings. The fraction of sp³-hybridized carbons (Fsp3) is 0.273. The summed E-state index contributed by atoms with van der Waals surface area (Å²) in [5.74, 6) is 1.19. The first-order valence-electron chi connectivity index (χ1n) is 10.1. The molecule has 0 aliphatic rings. The van der Waals surface area contributed by atoms with Crippen LogP contribution in [0.2, 0.25) is 19.1 Å². The van der Waals surface area contributed by atoms with Gasteiger partial charge in [0.1, 0.15) is 12.5 Å². The predicted octanol–water partition coefficient (Wildman–Crippen LogP) is 4.17. The van der Waals surface area contributed by atoms with Gasteiger partial charge < -0.3 is 19.6 Å². The summed E-state index contributed by atoms with van der Waals surface area (Å²) in [5, 5.41) is 14.7. The van der Waals surface area contributed by atoms with Crippen LogP contribution in [0.5, 0.6) is 11.6 Å². The van der Waals surface area contributed by atoms with Crippen molar-refractivity contribution in [2.45, 2.75) is 32.5 Å². The molecule has 0 saturated carbocycles. The zero-order chi connectivity index (χ0) is 20.9. The second-order valence-electron chi connectivity index (χ2n) is 7.62. The van der Waals surface area contributed by atoms with Crippen molar-refractivity contribution in [2.24, 2.45) is 0 Å². The Balaban J connectivity index is 1.43. The summed E-state index contributed by atoms with van der Waals surface area (Å²) in [6.07, 6.45) is 3.55. The molecular formula is C22H26N4O3Si. The van der Waals surface area contributed by atoms with Crippen LogP contribution in [0, 0.1) is 0 Å². The lowest BCUT2D eigenvalue weighted by Crippen LogP contribution is -2.10. The first-order valence-corrected chi connectivity index (χ1v) is 13.2. The summed E-state index contributed by atoms with van der Waals surface area (Å²) in [6.45, 7) is 5.84. The zero-order valence-electron chi connectivity index (χ0n) is 17.2. The Morgan fingerprint density at radius 2 is 2.03 bits per heavy atom. The van der Waals surface area contributed by atoms with Gasteiger partial charge in [-0.25, -0.2) is 9.67 Å². The van der Waals surface area contributed by atoms with Crippen LogP contribution < -0.4 is 4.74 Å². The Kier molecular flexibility index (Phi) is 6.27. The van der Waals surface area contributed by atoms with E-state index < -0.39 is 8.80 Å². The highest BCUT2D eigenvalue weighted by atomic mass is 28.3. The highest BCUT2D eigenvalue weighted by Gasteiger charge is 2.08. The molecule has 3 aromatic heterocycles. The van der Waals surface area contributed by atoms with E-state index >= 15 is 0 Å². The molecule has 4 rings (SSSR count). The van der Waals surface area contributed by atoms with Crippen molar-refractivity contribution in [1.82, 2.24) is 19.7 Å². The minimum absolute atomic E-state index is 0.0189. The van der Waals surface area contributed by atoms with E-state index in [9.17, 15) is 5.11 Å². The van der Waals surface area contributed by atoms with E-state index in [1.54, 1.807) is 12.4 Å². The van der Waals surface area contributed by atoms with Crippen LogP contribution in [0.4, 0.5) is 0 Å². The topological polar surface area (TPSA) is 85.2 Å². The predicted molar refractivity (Wildman–Crippen MR) is 119 cm³/mol. The van der Waals surface area contributed by atoms with Crippen molar-refractivity contribution in [2.75, 3.05) is 6.61 Å². The Morgan fingerprint density at radius 3 is 2.80 bits per heavy atom. The fourth-order valence-corrected chi connectivity index (χ4v) is 3.82. The molecule has 0 atom stereocenters. The highest BCUT2D eigenvalue weighted by Crippen LogP contribution is 2.26. The molecule has 8 heteroatoms. The van der Waals surface area contributed by atoms with Crippen LogP contribution in [-0.2, 0) is 18.1 Å². The lowest BCUT2D eigenvalue weighted by atomic mass is 10.2. The monoisotopic (exact) mass is 422 g/mol. The van der Waals surface area contributed by atoms with E-state index in [1.165, 1.54) is 6.04 Å². The number of rotatable bonds is 9. The number of nitrogens with zero attached hydrogens (tertiary/aromatic N) is 3. The quantitative estimate of drug-likeness (QED) is 0.312. The Hall–Kier alpha value is -2.94. The van der Waals surface area contributed by atoms with Crippen molar-refractivity contribution in [3.63, 3.8) is 0 Å². The number of fused-ring (bicyclic) bond motifs is 1. The van der Waals surface area contributed by atoms with Gasteiger partial charge in [-0.05, 0) is 36.4 Å². The van der Waals surface area contributed by atoms with Crippen LogP contribution in [0.25, 0.3) is 22.2 Å². The molecule has 0 spiro atoms. The minimum atomic E-state index is -0.595. The van der Waals surface area contributed by atoms with Gasteiger partial charge in [-0.1, -0.05) is 13.1 Å². The molecular weight excluding hydrogens is 396 g/mol. The summed E-state index contributed by atoms with van der Waals surface area (Å²) >= 11 is 0. The number of hydrogen-bond acceptors (Lipinski definition) is 5. The number of hydrogen-bond donors (Lipinski definition) is 2. The van der Waals surface area contributed by atoms with Crippen molar-refractivity contribution < 1.29 is 14.6 Å². The van der Waals surface area contributed by atoms with Gasteiger partial charge >= 0.3 is 0 Å². The Labute approximate surface area is 176 Å². The summed E-state index contributed by atoms with van der Waals surface area (Å²) in [7, 11) is -0.595. The first kappa shape index (κ1) is 20.3. The van der Waals surface area contributed by atoms with E-state index in [4.69, 9.17) is 9.47 Å². The number of ether oxygens (including phenoxy) is 2. The molecule has 0 unspecified atom stereocenters. The van der Waals surface area contributed by atoms with Gasteiger partial charge in [-0.3, -0.25) is 0 Å². The van der Waals surface area contributed by atoms with E-state index in [2.05, 4.69) is 28.2 Å². The summed E-state index contributed by atoms with van der Waals surface area (Å²) in [4.78, 5) is 7.61. The molecule has 0 radical (unpaired) electrons. The smallest absolute Gasteiger partial charge is 0.219 e. The number of nitrogens with one attached hydrogen (secondary N) is 1. The molecule has 1 aromatic carbocycles. The third-order valence-corrected chi connectivity index (χ3v) is 6.23. The number of aliphatic hydroxyl groups excluding tert-OH is 1. The maximum atomic E-state index is 9.26. The third kappa shape index (κ3) is 4.78. The molecule has 2 N–H and O–H groups in total. The van der Waals surface area contributed by atoms with Crippen LogP contribution in [0.15, 0.2) is 54.9 Å². The van der Waals surface area contributed by atoms with Gasteiger partial charge in [-0.15, -0.1) is 0 Å². The van der Waals surface area contributed by atoms with Gasteiger partial charge in [0.05, 0.1) is 12.3 Å². The third-order valence-electron chi connectivity index (χ3n) is 4.84. The average molecular weight is 423 g/mol. The molecule has 0 amide bonds. The zero-order valence-corrected chi connectivity index (χ0v) is 18.4. The summed E-state index contributed by atoms with van der Waals surface area (Å²) in [5.41, 5.74) is 3.60. The van der Waals surface area contributed by atoms with Gasteiger partial charge in [0.2, 0.25) is 5.88 Å². The van der Waals surface area contributed by atoms with Gasteiger partial charge in [0.25, 0.3) is 0 Å². The maximum Gasteiger partial charge on any atom is 0.219 e. The highest BCUT2D eigenvalue weighted by molar-refractivity contribution is 6.55. The van der Waals surface area contributed by atoms with Gasteiger partial charge in [0.15, 0.2) is 0 Å². The first-order chi connectivity index (χ1) is 14.6. The van der Waals surface area contributed by atoms with Crippen LogP contribution in [-0.4, -0.2) is 40.3 Å². The SMILES string of the molecule is C[SiH](C)CCOCn1nccc1-c1ccc(Oc2ccc3cc(CO)[nH]c3c2)nc1. The molecule has 156 valence electrons. The second-order valence-corrected chi connectivity index (χ2v) is 11.0. The Bertz CT molecular complexity index is 1110. The number of benzene rings is 1. The molecule has 0 saturated heterocycles. The summed E-state index contributed by atoms with van der Waals surface area (Å²) < 4.78 is 13.5. The van der Waals surface area contributed by atoms with Gasteiger partial charge in [-0.2, -0.15) is 5.10 Å². The van der Waals surface area contributed by atoms with Crippen molar-refractivity contribution in [1.29, 1.82) is 0 Å². The van der Waals surface area contributed by atoms with E-state index in [0.717, 1.165) is 34.5 Å². The minimum Gasteiger partial charge on any atom is -0.439 e. The number of pyridine rings is 1. The summed E-state index contributed by atoms with van der Waals surface area (Å²) in [6, 6.07) is 14.6. The molecule has 0 bridgehead atoms. The average Bonchev–Trinajstić information content (AvgIpc) is 3.38. The molecule has 0 aliphatic heterocycles. The van der Waals surface area contributed by atoms with Crippen molar-refractivity contribution >= 4 is 19.7 Å². The number of aromatic nitrogens is 4.